The maximum absolute atomic E-state index is 8.88. The first-order chi connectivity index (χ1) is 2.00. The van der Waals surface area contributed by atoms with E-state index in [9.17, 15) is 0 Å². The number of hydrogen-bond acceptors (Lipinski definition) is 1. The topological polar surface area (TPSA) is 77.8 Å². The molecule has 0 aromatic carbocycles. The predicted molar refractivity (Wildman–Crippen MR) is 25.3 cm³/mol. The Bertz CT molecular complexity index is 66.7. The van der Waals surface area contributed by atoms with Crippen molar-refractivity contribution in [3.63, 3.8) is 0 Å². The second-order valence-corrected chi connectivity index (χ2v) is 1.54. The number of hydrogen-bond donors (Lipinski definition) is 3. The van der Waals surface area contributed by atoms with Crippen LogP contribution in [0, 0.1) is 0 Å². The van der Waals surface area contributed by atoms with Gasteiger partial charge in [-0.1, -0.05) is 0 Å². The maximum atomic E-state index is 8.88. The summed E-state index contributed by atoms with van der Waals surface area (Å²) in [7, 11) is -4.64. The largest absolute Gasteiger partial charge is 1.00 e. The molecule has 0 aliphatic heterocycles. The minimum absolute atomic E-state index is 0. The molecule has 4 nitrogen and oxygen atoms in total. The van der Waals surface area contributed by atoms with Gasteiger partial charge in [0.25, 0.3) is 0 Å². The third kappa shape index (κ3) is 81.4. The van der Waals surface area contributed by atoms with Gasteiger partial charge in [0.1, 0.15) is 0 Å². The molecule has 0 spiro atoms. The quantitative estimate of drug-likeness (QED) is 0.270. The summed E-state index contributed by atoms with van der Waals surface area (Å²) < 4.78 is 8.88. The Labute approximate surface area is 96.1 Å². The van der Waals surface area contributed by atoms with Crippen LogP contribution in [0.5, 0.6) is 0 Å². The molecule has 8 heteroatoms. The van der Waals surface area contributed by atoms with E-state index in [0.29, 0.717) is 0 Å². The number of rotatable bonds is 0. The van der Waals surface area contributed by atoms with E-state index in [0.717, 1.165) is 0 Å². The van der Waals surface area contributed by atoms with Crippen LogP contribution >= 0.6 is 7.82 Å². The second-order valence-electron chi connectivity index (χ2n) is 0.513. The zero-order valence-corrected chi connectivity index (χ0v) is 8.15. The molecule has 0 rings (SSSR count). The van der Waals surface area contributed by atoms with Crippen LogP contribution in [0.4, 0.5) is 0 Å². The fourth-order valence-corrected chi connectivity index (χ4v) is 0. The molecular formula is H7AlNaO4PTi. The Balaban J connectivity index is -0.0000000133. The third-order valence-electron chi connectivity index (χ3n) is 0. The van der Waals surface area contributed by atoms with Crippen LogP contribution < -0.4 is 29.6 Å². The van der Waals surface area contributed by atoms with E-state index >= 15 is 0 Å². The number of phosphoric acid groups is 1. The van der Waals surface area contributed by atoms with Gasteiger partial charge in [0.2, 0.25) is 0 Å². The maximum Gasteiger partial charge on any atom is 1.00 e. The van der Waals surface area contributed by atoms with Gasteiger partial charge >= 0.3 is 37.4 Å². The molecule has 0 heterocycles. The normalized spacial score (nSPS) is 7.38. The molecule has 0 fully saturated rings. The summed E-state index contributed by atoms with van der Waals surface area (Å²) in [5.74, 6) is 0. The summed E-state index contributed by atoms with van der Waals surface area (Å²) in [4.78, 5) is 21.6. The van der Waals surface area contributed by atoms with E-state index in [1.54, 1.807) is 0 Å². The molecule has 0 bridgehead atoms. The molecule has 0 saturated carbocycles. The van der Waals surface area contributed by atoms with Gasteiger partial charge in [0.15, 0.2) is 17.4 Å². The van der Waals surface area contributed by atoms with Crippen molar-refractivity contribution in [1.29, 1.82) is 0 Å². The fourth-order valence-electron chi connectivity index (χ4n) is 0. The van der Waals surface area contributed by atoms with Gasteiger partial charge in [0, 0.05) is 21.7 Å². The fraction of sp³-hybridized carbons (Fsp3) is 0. The minimum Gasteiger partial charge on any atom is -1.00 e. The van der Waals surface area contributed by atoms with Crippen molar-refractivity contribution in [2.75, 3.05) is 0 Å². The second kappa shape index (κ2) is 9.36. The van der Waals surface area contributed by atoms with Crippen molar-refractivity contribution < 1.29 is 71.9 Å². The van der Waals surface area contributed by atoms with Crippen molar-refractivity contribution in [2.24, 2.45) is 0 Å². The van der Waals surface area contributed by atoms with Gasteiger partial charge in [-0.05, 0) is 0 Å². The first-order valence-electron chi connectivity index (χ1n) is 0.783. The molecule has 0 aromatic rings. The minimum atomic E-state index is -4.64. The predicted octanol–water partition coefficient (Wildman–Crippen LogP) is -5.00. The van der Waals surface area contributed by atoms with E-state index in [1.807, 2.05) is 0 Å². The smallest absolute Gasteiger partial charge is 1.00 e. The van der Waals surface area contributed by atoms with Gasteiger partial charge < -0.3 is 16.1 Å². The summed E-state index contributed by atoms with van der Waals surface area (Å²) >= 11 is 0. The van der Waals surface area contributed by atoms with E-state index in [1.165, 1.54) is 0 Å². The Morgan fingerprint density at radius 1 is 1.25 bits per heavy atom. The molecular weight excluding hydrogens is 193 g/mol. The van der Waals surface area contributed by atoms with Crippen molar-refractivity contribution in [3.8, 4) is 0 Å². The zero-order chi connectivity index (χ0) is 4.50. The Morgan fingerprint density at radius 2 is 1.25 bits per heavy atom. The third-order valence-corrected chi connectivity index (χ3v) is 0. The van der Waals surface area contributed by atoms with Crippen LogP contribution in [-0.2, 0) is 26.3 Å². The summed E-state index contributed by atoms with van der Waals surface area (Å²) in [6, 6.07) is 0. The van der Waals surface area contributed by atoms with Crippen LogP contribution in [0.15, 0.2) is 0 Å². The Hall–Kier alpha value is 2.36. The molecule has 0 atom stereocenters. The molecule has 0 unspecified atom stereocenters. The van der Waals surface area contributed by atoms with Crippen LogP contribution in [0.1, 0.15) is 1.43 Å². The molecule has 0 aliphatic carbocycles. The van der Waals surface area contributed by atoms with Crippen molar-refractivity contribution in [2.45, 2.75) is 0 Å². The first-order valence-corrected chi connectivity index (χ1v) is 2.35. The average molecular weight is 200 g/mol. The molecule has 0 aromatic heterocycles. The molecule has 0 radical (unpaired) electrons. The molecule has 3 N–H and O–H groups in total. The summed E-state index contributed by atoms with van der Waals surface area (Å²) in [5, 5.41) is 0. The van der Waals surface area contributed by atoms with Crippen LogP contribution in [-0.4, -0.2) is 32.0 Å². The van der Waals surface area contributed by atoms with E-state index in [2.05, 4.69) is 0 Å². The van der Waals surface area contributed by atoms with E-state index < -0.39 is 7.82 Å². The SMILES string of the molecule is O=P(O)(O)O.[AlH3].[H-].[Na+].[Ti]. The van der Waals surface area contributed by atoms with Gasteiger partial charge in [-0.25, -0.2) is 4.57 Å². The molecule has 0 saturated heterocycles. The van der Waals surface area contributed by atoms with Gasteiger partial charge in [-0.3, -0.25) is 0 Å². The Kier molecular flexibility index (Phi) is 26.2. The van der Waals surface area contributed by atoms with E-state index in [-0.39, 0.29) is 70.1 Å². The van der Waals surface area contributed by atoms with Gasteiger partial charge in [0.05, 0.1) is 0 Å². The van der Waals surface area contributed by atoms with Gasteiger partial charge in [-0.15, -0.1) is 0 Å². The standard InChI is InChI=1S/Al.Na.H3O4P.Ti.4H/c;;1-5(2,3)4;;;;;/h;;(H3,1,2,3,4);;;;;/q;+1;;;;;;-1. The summed E-state index contributed by atoms with van der Waals surface area (Å²) in [6.07, 6.45) is 0. The van der Waals surface area contributed by atoms with Crippen molar-refractivity contribution in [1.82, 2.24) is 0 Å². The van der Waals surface area contributed by atoms with Crippen LogP contribution in [0.2, 0.25) is 0 Å². The molecule has 44 valence electrons. The molecule has 8 heavy (non-hydrogen) atoms. The molecule has 0 aliphatic rings. The van der Waals surface area contributed by atoms with Crippen molar-refractivity contribution in [3.05, 3.63) is 0 Å². The van der Waals surface area contributed by atoms with E-state index in [4.69, 9.17) is 19.2 Å². The average Bonchev–Trinajstić information content (AvgIpc) is 0.722. The summed E-state index contributed by atoms with van der Waals surface area (Å²) in [6.45, 7) is 0. The zero-order valence-electron chi connectivity index (χ0n) is 4.70. The van der Waals surface area contributed by atoms with Crippen LogP contribution in [0.3, 0.4) is 0 Å². The Morgan fingerprint density at radius 3 is 1.25 bits per heavy atom. The summed E-state index contributed by atoms with van der Waals surface area (Å²) in [5.41, 5.74) is 0. The van der Waals surface area contributed by atoms with Gasteiger partial charge in [-0.2, -0.15) is 0 Å². The van der Waals surface area contributed by atoms with Crippen molar-refractivity contribution >= 4 is 25.2 Å². The van der Waals surface area contributed by atoms with Crippen LogP contribution in [0.25, 0.3) is 0 Å². The molecule has 0 amide bonds. The monoisotopic (exact) mass is 200 g/mol. The first kappa shape index (κ1) is 22.4.